The Morgan fingerprint density at radius 1 is 1.31 bits per heavy atom. The van der Waals surface area contributed by atoms with Crippen LogP contribution in [0.2, 0.25) is 0 Å². The zero-order valence-electron chi connectivity index (χ0n) is 9.52. The molecule has 90 valence electrons. The van der Waals surface area contributed by atoms with Gasteiger partial charge in [0.05, 0.1) is 13.2 Å². The molecule has 5 heteroatoms. The van der Waals surface area contributed by atoms with Crippen LogP contribution in [0.15, 0.2) is 0 Å². The molecule has 3 rings (SSSR count). The van der Waals surface area contributed by atoms with E-state index in [0.717, 1.165) is 12.8 Å². The van der Waals surface area contributed by atoms with Gasteiger partial charge in [0, 0.05) is 0 Å². The van der Waals surface area contributed by atoms with Crippen molar-refractivity contribution in [3.05, 3.63) is 0 Å². The van der Waals surface area contributed by atoms with Crippen LogP contribution in [0, 0.1) is 0 Å². The van der Waals surface area contributed by atoms with Crippen molar-refractivity contribution in [3.63, 3.8) is 0 Å². The molecule has 3 saturated heterocycles. The lowest BCUT2D eigenvalue weighted by Gasteiger charge is -2.20. The summed E-state index contributed by atoms with van der Waals surface area (Å²) in [7, 11) is 0. The molecule has 5 nitrogen and oxygen atoms in total. The normalized spacial score (nSPS) is 45.8. The van der Waals surface area contributed by atoms with Gasteiger partial charge in [0.2, 0.25) is 0 Å². The summed E-state index contributed by atoms with van der Waals surface area (Å²) in [5.41, 5.74) is -0.729. The van der Waals surface area contributed by atoms with Crippen LogP contribution in [-0.2, 0) is 23.7 Å². The molecule has 1 spiro atoms. The SMILES string of the molecule is CC1(C)OC[C@H]([C@H]2O[C@@]23CCCOC3=O)O1. The van der Waals surface area contributed by atoms with Crippen molar-refractivity contribution in [3.8, 4) is 0 Å². The Labute approximate surface area is 94.0 Å². The Morgan fingerprint density at radius 3 is 2.75 bits per heavy atom. The van der Waals surface area contributed by atoms with Gasteiger partial charge in [0.1, 0.15) is 12.2 Å². The van der Waals surface area contributed by atoms with Crippen molar-refractivity contribution in [2.75, 3.05) is 13.2 Å². The number of cyclic esters (lactones) is 1. The Balaban J connectivity index is 1.69. The number of epoxide rings is 1. The fourth-order valence-corrected chi connectivity index (χ4v) is 2.52. The van der Waals surface area contributed by atoms with E-state index < -0.39 is 11.4 Å². The lowest BCUT2D eigenvalue weighted by Crippen LogP contribution is -2.38. The highest BCUT2D eigenvalue weighted by Gasteiger charge is 2.68. The van der Waals surface area contributed by atoms with E-state index in [1.807, 2.05) is 13.8 Å². The first-order valence-electron chi connectivity index (χ1n) is 5.70. The van der Waals surface area contributed by atoms with E-state index in [4.69, 9.17) is 18.9 Å². The smallest absolute Gasteiger partial charge is 0.341 e. The van der Waals surface area contributed by atoms with Crippen LogP contribution in [0.4, 0.5) is 0 Å². The van der Waals surface area contributed by atoms with E-state index in [0.29, 0.717) is 13.2 Å². The molecule has 3 aliphatic heterocycles. The topological polar surface area (TPSA) is 57.3 Å². The molecule has 3 fully saturated rings. The quantitative estimate of drug-likeness (QED) is 0.486. The molecule has 0 N–H and O–H groups in total. The molecule has 0 aromatic carbocycles. The zero-order valence-corrected chi connectivity index (χ0v) is 9.52. The first-order chi connectivity index (χ1) is 7.54. The summed E-state index contributed by atoms with van der Waals surface area (Å²) in [6, 6.07) is 0. The van der Waals surface area contributed by atoms with Crippen molar-refractivity contribution >= 4 is 5.97 Å². The fourth-order valence-electron chi connectivity index (χ4n) is 2.52. The summed E-state index contributed by atoms with van der Waals surface area (Å²) in [6.45, 7) is 4.71. The lowest BCUT2D eigenvalue weighted by atomic mass is 9.95. The molecule has 0 amide bonds. The van der Waals surface area contributed by atoms with E-state index in [2.05, 4.69) is 0 Å². The van der Waals surface area contributed by atoms with Gasteiger partial charge in [-0.05, 0) is 26.7 Å². The minimum Gasteiger partial charge on any atom is -0.463 e. The van der Waals surface area contributed by atoms with Crippen LogP contribution in [-0.4, -0.2) is 42.8 Å². The van der Waals surface area contributed by atoms with Crippen molar-refractivity contribution in [2.24, 2.45) is 0 Å². The Morgan fingerprint density at radius 2 is 2.12 bits per heavy atom. The maximum absolute atomic E-state index is 11.7. The lowest BCUT2D eigenvalue weighted by molar-refractivity contribution is -0.155. The molecule has 0 bridgehead atoms. The maximum Gasteiger partial charge on any atom is 0.341 e. The standard InChI is InChI=1S/C11H16O5/c1-10(2)14-6-7(15-10)8-11(16-8)4-3-5-13-9(11)12/h7-8H,3-6H2,1-2H3/t7-,8-,11+/m1/s1. The van der Waals surface area contributed by atoms with Crippen LogP contribution in [0.1, 0.15) is 26.7 Å². The number of ether oxygens (including phenoxy) is 4. The molecule has 0 unspecified atom stereocenters. The van der Waals surface area contributed by atoms with E-state index in [-0.39, 0.29) is 18.2 Å². The molecular weight excluding hydrogens is 212 g/mol. The third-order valence-electron chi connectivity index (χ3n) is 3.38. The van der Waals surface area contributed by atoms with Gasteiger partial charge in [-0.2, -0.15) is 0 Å². The first-order valence-corrected chi connectivity index (χ1v) is 5.70. The monoisotopic (exact) mass is 228 g/mol. The van der Waals surface area contributed by atoms with Crippen LogP contribution in [0.25, 0.3) is 0 Å². The molecule has 3 atom stereocenters. The summed E-state index contributed by atoms with van der Waals surface area (Å²) in [6.07, 6.45) is 1.25. The van der Waals surface area contributed by atoms with Gasteiger partial charge in [0.15, 0.2) is 11.4 Å². The van der Waals surface area contributed by atoms with Crippen LogP contribution in [0.5, 0.6) is 0 Å². The highest BCUT2D eigenvalue weighted by Crippen LogP contribution is 2.48. The molecule has 0 saturated carbocycles. The van der Waals surface area contributed by atoms with Crippen molar-refractivity contribution < 1.29 is 23.7 Å². The van der Waals surface area contributed by atoms with E-state index in [1.54, 1.807) is 0 Å². The largest absolute Gasteiger partial charge is 0.463 e. The second kappa shape index (κ2) is 3.18. The number of hydrogen-bond acceptors (Lipinski definition) is 5. The second-order valence-corrected chi connectivity index (χ2v) is 5.03. The van der Waals surface area contributed by atoms with Gasteiger partial charge in [-0.3, -0.25) is 0 Å². The molecule has 0 radical (unpaired) electrons. The average Bonchev–Trinajstić information content (AvgIpc) is 2.83. The minimum atomic E-state index is -0.729. The van der Waals surface area contributed by atoms with Gasteiger partial charge in [-0.25, -0.2) is 4.79 Å². The molecule has 0 aromatic rings. The van der Waals surface area contributed by atoms with Gasteiger partial charge < -0.3 is 18.9 Å². The Bertz CT molecular complexity index is 326. The molecule has 0 aliphatic carbocycles. The second-order valence-electron chi connectivity index (χ2n) is 5.03. The fraction of sp³-hybridized carbons (Fsp3) is 0.909. The summed E-state index contributed by atoms with van der Waals surface area (Å²) in [4.78, 5) is 11.7. The van der Waals surface area contributed by atoms with Gasteiger partial charge in [-0.1, -0.05) is 0 Å². The van der Waals surface area contributed by atoms with Crippen LogP contribution >= 0.6 is 0 Å². The third kappa shape index (κ3) is 1.46. The van der Waals surface area contributed by atoms with Gasteiger partial charge in [-0.15, -0.1) is 0 Å². The minimum absolute atomic E-state index is 0.152. The number of carbonyl (C=O) groups is 1. The highest BCUT2D eigenvalue weighted by atomic mass is 16.8. The zero-order chi connectivity index (χ0) is 11.4. The molecule has 3 heterocycles. The predicted octanol–water partition coefficient (Wildman–Crippen LogP) is 0.612. The first kappa shape index (κ1) is 10.5. The van der Waals surface area contributed by atoms with Crippen molar-refractivity contribution in [1.82, 2.24) is 0 Å². The van der Waals surface area contributed by atoms with E-state index in [1.165, 1.54) is 0 Å². The number of carbonyl (C=O) groups excluding carboxylic acids is 1. The summed E-state index contributed by atoms with van der Waals surface area (Å²) < 4.78 is 21.8. The number of rotatable bonds is 1. The van der Waals surface area contributed by atoms with Crippen molar-refractivity contribution in [2.45, 2.75) is 50.3 Å². The number of esters is 1. The highest BCUT2D eigenvalue weighted by molar-refractivity contribution is 5.84. The third-order valence-corrected chi connectivity index (χ3v) is 3.38. The average molecular weight is 228 g/mol. The van der Waals surface area contributed by atoms with Crippen LogP contribution in [0.3, 0.4) is 0 Å². The van der Waals surface area contributed by atoms with E-state index >= 15 is 0 Å². The van der Waals surface area contributed by atoms with Crippen LogP contribution < -0.4 is 0 Å². The van der Waals surface area contributed by atoms with Gasteiger partial charge >= 0.3 is 5.97 Å². The predicted molar refractivity (Wildman–Crippen MR) is 52.7 cm³/mol. The molecule has 3 aliphatic rings. The summed E-state index contributed by atoms with van der Waals surface area (Å²) in [5, 5.41) is 0. The molecule has 16 heavy (non-hydrogen) atoms. The Kier molecular flexibility index (Phi) is 2.09. The number of hydrogen-bond donors (Lipinski definition) is 0. The summed E-state index contributed by atoms with van der Waals surface area (Å²) in [5.74, 6) is -0.812. The molecular formula is C11H16O5. The van der Waals surface area contributed by atoms with Gasteiger partial charge in [0.25, 0.3) is 0 Å². The Hall–Kier alpha value is -0.650. The maximum atomic E-state index is 11.7. The molecule has 0 aromatic heterocycles. The summed E-state index contributed by atoms with van der Waals surface area (Å²) >= 11 is 0. The van der Waals surface area contributed by atoms with Crippen molar-refractivity contribution in [1.29, 1.82) is 0 Å². The van der Waals surface area contributed by atoms with E-state index in [9.17, 15) is 4.79 Å².